The van der Waals surface area contributed by atoms with Crippen LogP contribution in [0.3, 0.4) is 0 Å². The lowest BCUT2D eigenvalue weighted by Gasteiger charge is -2.18. The van der Waals surface area contributed by atoms with Crippen molar-refractivity contribution in [3.05, 3.63) is 52.8 Å². The summed E-state index contributed by atoms with van der Waals surface area (Å²) in [6.07, 6.45) is 1.71. The van der Waals surface area contributed by atoms with Crippen molar-refractivity contribution in [1.29, 1.82) is 0 Å². The Hall–Kier alpha value is -1.24. The predicted octanol–water partition coefficient (Wildman–Crippen LogP) is 4.60. The third-order valence-electron chi connectivity index (χ3n) is 4.24. The Morgan fingerprint density at radius 3 is 2.36 bits per heavy atom. The van der Waals surface area contributed by atoms with Crippen LogP contribution < -0.4 is 14.8 Å². The van der Waals surface area contributed by atoms with Gasteiger partial charge in [-0.15, -0.1) is 24.8 Å². The number of nitrogens with zero attached hydrogens (tertiary/aromatic N) is 2. The normalized spacial score (nSPS) is 10.2. The average molecular weight is 451 g/mol. The fourth-order valence-corrected chi connectivity index (χ4v) is 2.72. The molecule has 2 rings (SSSR count). The van der Waals surface area contributed by atoms with Crippen LogP contribution in [0, 0.1) is 0 Å². The van der Waals surface area contributed by atoms with Crippen LogP contribution in [-0.2, 0) is 13.2 Å². The Bertz CT molecular complexity index is 668. The Balaban J connectivity index is 0.00000364. The van der Waals surface area contributed by atoms with Crippen LogP contribution >= 0.6 is 36.4 Å². The molecule has 0 spiro atoms. The van der Waals surface area contributed by atoms with Gasteiger partial charge >= 0.3 is 0 Å². The van der Waals surface area contributed by atoms with E-state index in [2.05, 4.69) is 35.1 Å². The number of aromatic nitrogens is 1. The zero-order valence-electron chi connectivity index (χ0n) is 16.6. The number of hydrogen-bond donors (Lipinski definition) is 1. The third-order valence-corrected chi connectivity index (χ3v) is 4.46. The molecule has 0 bridgehead atoms. The summed E-state index contributed by atoms with van der Waals surface area (Å²) in [5, 5.41) is 3.95. The molecule has 0 amide bonds. The second kappa shape index (κ2) is 14.7. The fourth-order valence-electron chi connectivity index (χ4n) is 2.60. The lowest BCUT2D eigenvalue weighted by atomic mass is 10.2. The van der Waals surface area contributed by atoms with Crippen LogP contribution in [-0.4, -0.2) is 43.2 Å². The number of methoxy groups -OCH3 is 1. The molecule has 158 valence electrons. The van der Waals surface area contributed by atoms with E-state index in [4.69, 9.17) is 21.1 Å². The SMILES string of the molecule is CCN(CC)CCNCc1ccc(OCc2ccc(Cl)nc2)c(OC)c1.Cl.Cl. The van der Waals surface area contributed by atoms with Gasteiger partial charge in [-0.3, -0.25) is 0 Å². The summed E-state index contributed by atoms with van der Waals surface area (Å²) in [4.78, 5) is 6.46. The number of halogens is 3. The first-order chi connectivity index (χ1) is 12.7. The van der Waals surface area contributed by atoms with E-state index in [-0.39, 0.29) is 24.8 Å². The summed E-state index contributed by atoms with van der Waals surface area (Å²) in [7, 11) is 1.66. The maximum Gasteiger partial charge on any atom is 0.161 e. The second-order valence-electron chi connectivity index (χ2n) is 5.97. The molecule has 1 aromatic heterocycles. The largest absolute Gasteiger partial charge is 0.493 e. The topological polar surface area (TPSA) is 46.6 Å². The van der Waals surface area contributed by atoms with Crippen LogP contribution in [0.4, 0.5) is 0 Å². The molecule has 2 aromatic rings. The van der Waals surface area contributed by atoms with Gasteiger partial charge in [0.1, 0.15) is 11.8 Å². The zero-order chi connectivity index (χ0) is 18.8. The van der Waals surface area contributed by atoms with E-state index < -0.39 is 0 Å². The van der Waals surface area contributed by atoms with E-state index in [1.807, 2.05) is 18.2 Å². The number of hydrogen-bond acceptors (Lipinski definition) is 5. The average Bonchev–Trinajstić information content (AvgIpc) is 2.68. The molecule has 0 atom stereocenters. The van der Waals surface area contributed by atoms with Gasteiger partial charge in [-0.05, 0) is 36.9 Å². The van der Waals surface area contributed by atoms with Crippen molar-refractivity contribution in [3.63, 3.8) is 0 Å². The summed E-state index contributed by atoms with van der Waals surface area (Å²) >= 11 is 5.80. The summed E-state index contributed by atoms with van der Waals surface area (Å²) in [5.41, 5.74) is 2.13. The van der Waals surface area contributed by atoms with Crippen LogP contribution in [0.1, 0.15) is 25.0 Å². The van der Waals surface area contributed by atoms with Gasteiger partial charge in [-0.1, -0.05) is 37.6 Å². The van der Waals surface area contributed by atoms with Crippen molar-refractivity contribution in [2.75, 3.05) is 33.3 Å². The number of likely N-dealkylation sites (N-methyl/N-ethyl adjacent to an activating group) is 1. The summed E-state index contributed by atoms with van der Waals surface area (Å²) in [6.45, 7) is 9.79. The van der Waals surface area contributed by atoms with E-state index in [1.54, 1.807) is 19.4 Å². The molecule has 0 aliphatic carbocycles. The van der Waals surface area contributed by atoms with E-state index in [9.17, 15) is 0 Å². The maximum absolute atomic E-state index is 5.86. The van der Waals surface area contributed by atoms with E-state index in [0.717, 1.165) is 44.0 Å². The van der Waals surface area contributed by atoms with Gasteiger partial charge in [-0.25, -0.2) is 4.98 Å². The van der Waals surface area contributed by atoms with E-state index >= 15 is 0 Å². The molecule has 1 aromatic carbocycles. The molecule has 0 unspecified atom stereocenters. The van der Waals surface area contributed by atoms with E-state index in [1.165, 1.54) is 5.56 Å². The van der Waals surface area contributed by atoms with Crippen LogP contribution in [0.2, 0.25) is 5.15 Å². The molecule has 0 aliphatic rings. The minimum atomic E-state index is 0. The highest BCUT2D eigenvalue weighted by Gasteiger charge is 2.07. The molecule has 0 radical (unpaired) electrons. The quantitative estimate of drug-likeness (QED) is 0.400. The van der Waals surface area contributed by atoms with Crippen LogP contribution in [0.5, 0.6) is 11.5 Å². The van der Waals surface area contributed by atoms with Crippen molar-refractivity contribution in [3.8, 4) is 11.5 Å². The Kier molecular flexibility index (Phi) is 14.1. The highest BCUT2D eigenvalue weighted by Crippen LogP contribution is 2.28. The van der Waals surface area contributed by atoms with Gasteiger partial charge < -0.3 is 19.7 Å². The molecule has 8 heteroatoms. The Labute approximate surface area is 185 Å². The van der Waals surface area contributed by atoms with Gasteiger partial charge in [-0.2, -0.15) is 0 Å². The number of ether oxygens (including phenoxy) is 2. The van der Waals surface area contributed by atoms with Crippen molar-refractivity contribution in [1.82, 2.24) is 15.2 Å². The standard InChI is InChI=1S/C20H28ClN3O2.2ClH/c1-4-24(5-2)11-10-22-13-16-6-8-18(19(12-16)25-3)26-15-17-7-9-20(21)23-14-17;;/h6-9,12,14,22H,4-5,10-11,13,15H2,1-3H3;2*1H. The van der Waals surface area contributed by atoms with Gasteiger partial charge in [0.2, 0.25) is 0 Å². The van der Waals surface area contributed by atoms with Crippen molar-refractivity contribution < 1.29 is 9.47 Å². The molecule has 0 fully saturated rings. The first kappa shape index (κ1) is 26.8. The zero-order valence-corrected chi connectivity index (χ0v) is 19.0. The molecular formula is C20H30Cl3N3O2. The highest BCUT2D eigenvalue weighted by molar-refractivity contribution is 6.29. The van der Waals surface area contributed by atoms with Crippen molar-refractivity contribution in [2.24, 2.45) is 0 Å². The third kappa shape index (κ3) is 8.84. The summed E-state index contributed by atoms with van der Waals surface area (Å²) in [6, 6.07) is 9.67. The van der Waals surface area contributed by atoms with Crippen LogP contribution in [0.15, 0.2) is 36.5 Å². The van der Waals surface area contributed by atoms with Gasteiger partial charge in [0.25, 0.3) is 0 Å². The molecule has 1 heterocycles. The molecule has 28 heavy (non-hydrogen) atoms. The smallest absolute Gasteiger partial charge is 0.161 e. The van der Waals surface area contributed by atoms with Crippen molar-refractivity contribution >= 4 is 36.4 Å². The first-order valence-corrected chi connectivity index (χ1v) is 9.37. The molecule has 0 aliphatic heterocycles. The lowest BCUT2D eigenvalue weighted by Crippen LogP contribution is -2.31. The predicted molar refractivity (Wildman–Crippen MR) is 121 cm³/mol. The van der Waals surface area contributed by atoms with Gasteiger partial charge in [0, 0.05) is 31.4 Å². The van der Waals surface area contributed by atoms with E-state index in [0.29, 0.717) is 17.5 Å². The molecule has 1 N–H and O–H groups in total. The number of nitrogens with one attached hydrogen (secondary N) is 1. The number of benzene rings is 1. The van der Waals surface area contributed by atoms with Crippen LogP contribution in [0.25, 0.3) is 0 Å². The minimum Gasteiger partial charge on any atom is -0.493 e. The number of pyridine rings is 1. The van der Waals surface area contributed by atoms with Gasteiger partial charge in [0.05, 0.1) is 7.11 Å². The monoisotopic (exact) mass is 449 g/mol. The lowest BCUT2D eigenvalue weighted by molar-refractivity contribution is 0.284. The maximum atomic E-state index is 5.86. The summed E-state index contributed by atoms with van der Waals surface area (Å²) < 4.78 is 11.3. The first-order valence-electron chi connectivity index (χ1n) is 8.99. The fraction of sp³-hybridized carbons (Fsp3) is 0.450. The molecule has 5 nitrogen and oxygen atoms in total. The van der Waals surface area contributed by atoms with Crippen molar-refractivity contribution in [2.45, 2.75) is 27.0 Å². The highest BCUT2D eigenvalue weighted by atomic mass is 35.5. The summed E-state index contributed by atoms with van der Waals surface area (Å²) in [5.74, 6) is 1.45. The molecule has 0 saturated heterocycles. The van der Waals surface area contributed by atoms with Gasteiger partial charge in [0.15, 0.2) is 11.5 Å². The Morgan fingerprint density at radius 1 is 1.04 bits per heavy atom. The Morgan fingerprint density at radius 2 is 1.75 bits per heavy atom. The molecule has 0 saturated carbocycles. The second-order valence-corrected chi connectivity index (χ2v) is 6.35. The molecular weight excluding hydrogens is 421 g/mol. The number of rotatable bonds is 11. The minimum absolute atomic E-state index is 0.